The van der Waals surface area contributed by atoms with Crippen LogP contribution < -0.4 is 5.32 Å². The normalized spacial score (nSPS) is 24.7. The molecule has 0 aromatic heterocycles. The third-order valence-corrected chi connectivity index (χ3v) is 3.08. The molecule has 70 valence electrons. The maximum Gasteiger partial charge on any atom is 0.234 e. The summed E-state index contributed by atoms with van der Waals surface area (Å²) in [7, 11) is 0. The van der Waals surface area contributed by atoms with Gasteiger partial charge in [0, 0.05) is 5.70 Å². The largest absolute Gasteiger partial charge is 0.325 e. The summed E-state index contributed by atoms with van der Waals surface area (Å²) >= 11 is 0. The Balaban J connectivity index is 2.30. The van der Waals surface area contributed by atoms with E-state index in [1.165, 1.54) is 12.8 Å². The number of amides is 1. The second-order valence-electron chi connectivity index (χ2n) is 4.16. The molecule has 0 saturated heterocycles. The molecule has 2 nitrogen and oxygen atoms in total. The molecule has 1 heterocycles. The summed E-state index contributed by atoms with van der Waals surface area (Å²) in [6.07, 6.45) is 6.46. The van der Waals surface area contributed by atoms with Crippen molar-refractivity contribution >= 4 is 5.91 Å². The van der Waals surface area contributed by atoms with Crippen molar-refractivity contribution in [2.24, 2.45) is 5.41 Å². The van der Waals surface area contributed by atoms with Crippen LogP contribution >= 0.6 is 0 Å². The lowest BCUT2D eigenvalue weighted by molar-refractivity contribution is -0.126. The molecule has 1 amide bonds. The average Bonchev–Trinajstić information content (AvgIpc) is 2.63. The molecule has 1 N–H and O–H groups in total. The van der Waals surface area contributed by atoms with Gasteiger partial charge in [-0.15, -0.1) is 0 Å². The second-order valence-corrected chi connectivity index (χ2v) is 4.16. The van der Waals surface area contributed by atoms with Gasteiger partial charge in [0.15, 0.2) is 0 Å². The van der Waals surface area contributed by atoms with Gasteiger partial charge in [0.25, 0.3) is 0 Å². The lowest BCUT2D eigenvalue weighted by atomic mass is 9.86. The summed E-state index contributed by atoms with van der Waals surface area (Å²) in [5, 5.41) is 2.91. The van der Waals surface area contributed by atoms with E-state index in [1.807, 2.05) is 6.92 Å². The van der Waals surface area contributed by atoms with Gasteiger partial charge in [0.2, 0.25) is 5.91 Å². The number of rotatable bonds is 1. The predicted octanol–water partition coefficient (Wildman–Crippen LogP) is 2.14. The van der Waals surface area contributed by atoms with Crippen molar-refractivity contribution in [1.82, 2.24) is 5.32 Å². The second kappa shape index (κ2) is 2.72. The monoisotopic (exact) mass is 177 g/mol. The van der Waals surface area contributed by atoms with Gasteiger partial charge < -0.3 is 5.32 Å². The van der Waals surface area contributed by atoms with E-state index in [0.717, 1.165) is 24.1 Å². The molecule has 0 aromatic carbocycles. The molecule has 0 bridgehead atoms. The Morgan fingerprint density at radius 1 is 1.54 bits per heavy atom. The van der Waals surface area contributed by atoms with Crippen LogP contribution in [0.25, 0.3) is 0 Å². The van der Waals surface area contributed by atoms with Crippen LogP contribution in [0.3, 0.4) is 0 Å². The van der Waals surface area contributed by atoms with Crippen molar-refractivity contribution in [2.75, 3.05) is 0 Å². The van der Waals surface area contributed by atoms with Crippen LogP contribution in [0.2, 0.25) is 0 Å². The predicted molar refractivity (Wildman–Crippen MR) is 51.9 cm³/mol. The van der Waals surface area contributed by atoms with E-state index in [0.29, 0.717) is 0 Å². The highest BCUT2D eigenvalue weighted by atomic mass is 16.2. The fraction of sp³-hybridized carbons (Fsp3) is 0.545. The zero-order chi connectivity index (χ0) is 9.47. The van der Waals surface area contributed by atoms with Gasteiger partial charge in [-0.05, 0) is 31.4 Å². The van der Waals surface area contributed by atoms with Crippen molar-refractivity contribution < 1.29 is 4.79 Å². The molecule has 0 aromatic rings. The van der Waals surface area contributed by atoms with Crippen LogP contribution in [0.1, 0.15) is 32.6 Å². The summed E-state index contributed by atoms with van der Waals surface area (Å²) in [6, 6.07) is 0. The summed E-state index contributed by atoms with van der Waals surface area (Å²) in [4.78, 5) is 11.7. The highest BCUT2D eigenvalue weighted by molar-refractivity contribution is 5.90. The first-order valence-electron chi connectivity index (χ1n) is 4.84. The molecule has 13 heavy (non-hydrogen) atoms. The van der Waals surface area contributed by atoms with Crippen molar-refractivity contribution in [3.63, 3.8) is 0 Å². The standard InChI is InChI=1S/C11H15NO/c1-8(2)9-7-11(10(13)12-9)5-3-4-6-11/h7H,1,3-6H2,2H3,(H,12,13). The van der Waals surface area contributed by atoms with Crippen LogP contribution in [0.4, 0.5) is 0 Å². The van der Waals surface area contributed by atoms with E-state index in [9.17, 15) is 4.79 Å². The molecule has 1 fully saturated rings. The van der Waals surface area contributed by atoms with Gasteiger partial charge in [0.1, 0.15) is 0 Å². The Morgan fingerprint density at radius 2 is 2.15 bits per heavy atom. The van der Waals surface area contributed by atoms with E-state index in [4.69, 9.17) is 0 Å². The number of carbonyl (C=O) groups is 1. The highest BCUT2D eigenvalue weighted by Crippen LogP contribution is 2.43. The fourth-order valence-electron chi connectivity index (χ4n) is 2.23. The van der Waals surface area contributed by atoms with Crippen LogP contribution in [-0.4, -0.2) is 5.91 Å². The van der Waals surface area contributed by atoms with Gasteiger partial charge in [0.05, 0.1) is 5.41 Å². The number of nitrogens with one attached hydrogen (secondary N) is 1. The van der Waals surface area contributed by atoms with Gasteiger partial charge >= 0.3 is 0 Å². The van der Waals surface area contributed by atoms with Crippen LogP contribution in [0.15, 0.2) is 23.9 Å². The first-order valence-corrected chi connectivity index (χ1v) is 4.84. The highest BCUT2D eigenvalue weighted by Gasteiger charge is 2.43. The molecular weight excluding hydrogens is 162 g/mol. The van der Waals surface area contributed by atoms with Crippen molar-refractivity contribution in [2.45, 2.75) is 32.6 Å². The fourth-order valence-corrected chi connectivity index (χ4v) is 2.23. The van der Waals surface area contributed by atoms with E-state index in [1.54, 1.807) is 0 Å². The Hall–Kier alpha value is -1.05. The number of hydrogen-bond donors (Lipinski definition) is 1. The summed E-state index contributed by atoms with van der Waals surface area (Å²) in [6.45, 7) is 5.77. The van der Waals surface area contributed by atoms with E-state index in [-0.39, 0.29) is 11.3 Å². The molecule has 2 aliphatic rings. The molecule has 1 saturated carbocycles. The smallest absolute Gasteiger partial charge is 0.234 e. The summed E-state index contributed by atoms with van der Waals surface area (Å²) < 4.78 is 0. The van der Waals surface area contributed by atoms with Crippen molar-refractivity contribution in [3.8, 4) is 0 Å². The van der Waals surface area contributed by atoms with E-state index < -0.39 is 0 Å². The lowest BCUT2D eigenvalue weighted by Gasteiger charge is -2.15. The first kappa shape index (κ1) is 8.54. The minimum absolute atomic E-state index is 0.172. The average molecular weight is 177 g/mol. The minimum Gasteiger partial charge on any atom is -0.325 e. The van der Waals surface area contributed by atoms with Crippen LogP contribution in [-0.2, 0) is 4.79 Å². The number of allylic oxidation sites excluding steroid dienone is 1. The zero-order valence-electron chi connectivity index (χ0n) is 8.02. The molecule has 0 atom stereocenters. The Bertz CT molecular complexity index is 295. The quantitative estimate of drug-likeness (QED) is 0.653. The molecule has 0 radical (unpaired) electrons. The van der Waals surface area contributed by atoms with Crippen LogP contribution in [0.5, 0.6) is 0 Å². The Labute approximate surface area is 78.7 Å². The van der Waals surface area contributed by atoms with Crippen molar-refractivity contribution in [1.29, 1.82) is 0 Å². The minimum atomic E-state index is -0.172. The zero-order valence-corrected chi connectivity index (χ0v) is 8.02. The third-order valence-electron chi connectivity index (χ3n) is 3.08. The SMILES string of the molecule is C=C(C)C1=CC2(CCCC2)C(=O)N1. The Kier molecular flexibility index (Phi) is 1.79. The number of carbonyl (C=O) groups excluding carboxylic acids is 1. The van der Waals surface area contributed by atoms with Crippen LogP contribution in [0, 0.1) is 5.41 Å². The maximum absolute atomic E-state index is 11.7. The number of hydrogen-bond acceptors (Lipinski definition) is 1. The first-order chi connectivity index (χ1) is 6.14. The molecule has 0 unspecified atom stereocenters. The molecular formula is C11H15NO. The van der Waals surface area contributed by atoms with Gasteiger partial charge in [-0.1, -0.05) is 19.4 Å². The van der Waals surface area contributed by atoms with E-state index in [2.05, 4.69) is 18.0 Å². The third kappa shape index (κ3) is 1.21. The lowest BCUT2D eigenvalue weighted by Crippen LogP contribution is -2.29. The summed E-state index contributed by atoms with van der Waals surface area (Å²) in [5.74, 6) is 0.183. The maximum atomic E-state index is 11.7. The molecule has 1 aliphatic carbocycles. The van der Waals surface area contributed by atoms with Gasteiger partial charge in [-0.2, -0.15) is 0 Å². The van der Waals surface area contributed by atoms with Crippen molar-refractivity contribution in [3.05, 3.63) is 23.9 Å². The Morgan fingerprint density at radius 3 is 2.62 bits per heavy atom. The molecule has 2 rings (SSSR count). The van der Waals surface area contributed by atoms with E-state index >= 15 is 0 Å². The van der Waals surface area contributed by atoms with Gasteiger partial charge in [-0.25, -0.2) is 0 Å². The molecule has 1 aliphatic heterocycles. The summed E-state index contributed by atoms with van der Waals surface area (Å²) in [5.41, 5.74) is 1.72. The molecule has 1 spiro atoms. The topological polar surface area (TPSA) is 29.1 Å². The molecule has 2 heteroatoms. The van der Waals surface area contributed by atoms with Gasteiger partial charge in [-0.3, -0.25) is 4.79 Å².